The Balaban J connectivity index is 1.66. The molecule has 3 rings (SSSR count). The molecule has 0 radical (unpaired) electrons. The van der Waals surface area contributed by atoms with Crippen molar-refractivity contribution in [3.63, 3.8) is 0 Å². The summed E-state index contributed by atoms with van der Waals surface area (Å²) in [5.41, 5.74) is 4.32. The molecule has 0 aromatic heterocycles. The number of para-hydroxylation sites is 1. The fraction of sp³-hybridized carbons (Fsp3) is 0.333. The number of carbonyl (C=O) groups is 1. The number of rotatable bonds is 5. The lowest BCUT2D eigenvalue weighted by atomic mass is 10.1. The maximum absolute atomic E-state index is 12.1. The third kappa shape index (κ3) is 4.04. The molecule has 0 saturated carbocycles. The van der Waals surface area contributed by atoms with Gasteiger partial charge in [-0.1, -0.05) is 37.3 Å². The first-order chi connectivity index (χ1) is 12.7. The van der Waals surface area contributed by atoms with Gasteiger partial charge in [0.25, 0.3) is 5.91 Å². The van der Waals surface area contributed by atoms with Crippen LogP contribution in [0.3, 0.4) is 0 Å². The third-order valence-electron chi connectivity index (χ3n) is 4.53. The molecule has 2 aromatic carbocycles. The van der Waals surface area contributed by atoms with E-state index in [1.165, 1.54) is 11.3 Å². The number of nitrogens with zero attached hydrogens (tertiary/aromatic N) is 2. The Morgan fingerprint density at radius 1 is 1.15 bits per heavy atom. The van der Waals surface area contributed by atoms with Crippen molar-refractivity contribution in [2.24, 2.45) is 4.99 Å². The summed E-state index contributed by atoms with van der Waals surface area (Å²) in [7, 11) is 1.80. The minimum Gasteiger partial charge on any atom is -0.352 e. The average Bonchev–Trinajstić information content (AvgIpc) is 3.11. The van der Waals surface area contributed by atoms with Gasteiger partial charge in [0.15, 0.2) is 5.96 Å². The van der Waals surface area contributed by atoms with Gasteiger partial charge in [-0.05, 0) is 42.2 Å². The number of carbonyl (C=O) groups excluding carboxylic acids is 1. The van der Waals surface area contributed by atoms with E-state index in [2.05, 4.69) is 44.8 Å². The summed E-state index contributed by atoms with van der Waals surface area (Å²) in [6.07, 6.45) is 1.96. The minimum atomic E-state index is -0.0217. The molecule has 0 fully saturated rings. The lowest BCUT2D eigenvalue weighted by Crippen LogP contribution is -2.40. The van der Waals surface area contributed by atoms with Gasteiger partial charge in [0.1, 0.15) is 0 Å². The summed E-state index contributed by atoms with van der Waals surface area (Å²) in [5, 5.41) is 6.34. The Labute approximate surface area is 155 Å². The van der Waals surface area contributed by atoms with Crippen molar-refractivity contribution >= 4 is 17.6 Å². The Morgan fingerprint density at radius 3 is 2.81 bits per heavy atom. The van der Waals surface area contributed by atoms with Crippen LogP contribution in [0.2, 0.25) is 0 Å². The van der Waals surface area contributed by atoms with Crippen LogP contribution in [-0.4, -0.2) is 32.0 Å². The topological polar surface area (TPSA) is 56.7 Å². The largest absolute Gasteiger partial charge is 0.352 e. The summed E-state index contributed by atoms with van der Waals surface area (Å²) in [6, 6.07) is 16.2. The molecule has 0 saturated heterocycles. The van der Waals surface area contributed by atoms with E-state index >= 15 is 0 Å². The van der Waals surface area contributed by atoms with Crippen LogP contribution in [0.25, 0.3) is 0 Å². The summed E-state index contributed by atoms with van der Waals surface area (Å²) in [4.78, 5) is 18.8. The van der Waals surface area contributed by atoms with Crippen molar-refractivity contribution in [1.82, 2.24) is 10.6 Å². The number of amides is 1. The lowest BCUT2D eigenvalue weighted by Gasteiger charge is -2.22. The second-order valence-corrected chi connectivity index (χ2v) is 6.39. The lowest BCUT2D eigenvalue weighted by molar-refractivity contribution is 0.0953. The van der Waals surface area contributed by atoms with Gasteiger partial charge >= 0.3 is 0 Å². The number of nitrogens with one attached hydrogen (secondary N) is 2. The van der Waals surface area contributed by atoms with Gasteiger partial charge in [0.2, 0.25) is 0 Å². The zero-order valence-corrected chi connectivity index (χ0v) is 15.5. The van der Waals surface area contributed by atoms with Crippen LogP contribution < -0.4 is 15.5 Å². The van der Waals surface area contributed by atoms with Gasteiger partial charge in [-0.3, -0.25) is 9.79 Å². The van der Waals surface area contributed by atoms with Crippen molar-refractivity contribution in [3.8, 4) is 0 Å². The second-order valence-electron chi connectivity index (χ2n) is 6.39. The van der Waals surface area contributed by atoms with Crippen molar-refractivity contribution in [2.45, 2.75) is 26.3 Å². The highest BCUT2D eigenvalue weighted by Gasteiger charge is 2.22. The fourth-order valence-electron chi connectivity index (χ4n) is 3.20. The number of fused-ring (bicyclic) bond motifs is 1. The fourth-order valence-corrected chi connectivity index (χ4v) is 3.20. The summed E-state index contributed by atoms with van der Waals surface area (Å²) in [5.74, 6) is 0.835. The number of anilines is 1. The van der Waals surface area contributed by atoms with E-state index in [0.717, 1.165) is 30.9 Å². The van der Waals surface area contributed by atoms with Gasteiger partial charge in [0.05, 0.1) is 0 Å². The van der Waals surface area contributed by atoms with Gasteiger partial charge < -0.3 is 15.5 Å². The molecule has 1 aliphatic rings. The first kappa shape index (κ1) is 18.0. The Kier molecular flexibility index (Phi) is 5.89. The monoisotopic (exact) mass is 350 g/mol. The van der Waals surface area contributed by atoms with Gasteiger partial charge in [-0.25, -0.2) is 0 Å². The minimum absolute atomic E-state index is 0.0217. The molecule has 2 N–H and O–H groups in total. The van der Waals surface area contributed by atoms with Crippen molar-refractivity contribution in [2.75, 3.05) is 25.0 Å². The van der Waals surface area contributed by atoms with Crippen LogP contribution in [0.1, 0.15) is 34.8 Å². The molecular weight excluding hydrogens is 324 g/mol. The maximum Gasteiger partial charge on any atom is 0.251 e. The Hall–Kier alpha value is -2.82. The summed E-state index contributed by atoms with van der Waals surface area (Å²) < 4.78 is 0. The van der Waals surface area contributed by atoms with E-state index in [0.29, 0.717) is 18.7 Å². The molecule has 136 valence electrons. The predicted molar refractivity (Wildman–Crippen MR) is 107 cm³/mol. The number of benzene rings is 2. The first-order valence-corrected chi connectivity index (χ1v) is 9.16. The highest BCUT2D eigenvalue weighted by atomic mass is 16.1. The predicted octanol–water partition coefficient (Wildman–Crippen LogP) is 2.96. The highest BCUT2D eigenvalue weighted by Crippen LogP contribution is 2.27. The molecule has 26 heavy (non-hydrogen) atoms. The quantitative estimate of drug-likeness (QED) is 0.644. The zero-order valence-electron chi connectivity index (χ0n) is 15.5. The van der Waals surface area contributed by atoms with Crippen LogP contribution in [0.15, 0.2) is 53.5 Å². The molecule has 1 aliphatic heterocycles. The number of aliphatic imine (C=N–C) groups is 1. The van der Waals surface area contributed by atoms with Crippen LogP contribution in [0, 0.1) is 0 Å². The van der Waals surface area contributed by atoms with Crippen LogP contribution in [-0.2, 0) is 13.0 Å². The molecule has 1 amide bonds. The van der Waals surface area contributed by atoms with Crippen molar-refractivity contribution in [3.05, 3.63) is 65.2 Å². The van der Waals surface area contributed by atoms with E-state index < -0.39 is 0 Å². The van der Waals surface area contributed by atoms with E-state index in [1.807, 2.05) is 31.2 Å². The van der Waals surface area contributed by atoms with E-state index in [4.69, 9.17) is 0 Å². The molecule has 0 unspecified atom stereocenters. The molecule has 5 heteroatoms. The zero-order chi connectivity index (χ0) is 18.4. The molecule has 0 bridgehead atoms. The van der Waals surface area contributed by atoms with Crippen molar-refractivity contribution in [1.29, 1.82) is 0 Å². The third-order valence-corrected chi connectivity index (χ3v) is 4.53. The SMILES string of the molecule is CCCNC(=O)c1cccc(CNC(=NC)N2CCc3ccccc32)c1. The van der Waals surface area contributed by atoms with Crippen LogP contribution in [0.5, 0.6) is 0 Å². The number of hydrogen-bond donors (Lipinski definition) is 2. The first-order valence-electron chi connectivity index (χ1n) is 9.16. The highest BCUT2D eigenvalue weighted by molar-refractivity contribution is 5.98. The van der Waals surface area contributed by atoms with E-state index in [-0.39, 0.29) is 5.91 Å². The van der Waals surface area contributed by atoms with Gasteiger partial charge in [-0.2, -0.15) is 0 Å². The molecule has 1 heterocycles. The van der Waals surface area contributed by atoms with Gasteiger partial charge in [0, 0.05) is 37.9 Å². The van der Waals surface area contributed by atoms with Gasteiger partial charge in [-0.15, -0.1) is 0 Å². The normalized spacial score (nSPS) is 13.5. The molecule has 0 atom stereocenters. The molecule has 5 nitrogen and oxygen atoms in total. The summed E-state index contributed by atoms with van der Waals surface area (Å²) >= 11 is 0. The van der Waals surface area contributed by atoms with Crippen LogP contribution >= 0.6 is 0 Å². The standard InChI is InChI=1S/C21H26N4O/c1-3-12-23-20(26)18-9-6-7-16(14-18)15-24-21(22-2)25-13-11-17-8-4-5-10-19(17)25/h4-10,14H,3,11-13,15H2,1-2H3,(H,22,24)(H,23,26). The molecular formula is C21H26N4O. The molecule has 0 spiro atoms. The second kappa shape index (κ2) is 8.52. The molecule has 2 aromatic rings. The average molecular weight is 350 g/mol. The van der Waals surface area contributed by atoms with E-state index in [9.17, 15) is 4.79 Å². The van der Waals surface area contributed by atoms with Crippen LogP contribution in [0.4, 0.5) is 5.69 Å². The Morgan fingerprint density at radius 2 is 2.00 bits per heavy atom. The summed E-state index contributed by atoms with van der Waals surface area (Å²) in [6.45, 7) is 4.30. The maximum atomic E-state index is 12.1. The molecule has 0 aliphatic carbocycles. The van der Waals surface area contributed by atoms with Crippen molar-refractivity contribution < 1.29 is 4.79 Å². The number of hydrogen-bond acceptors (Lipinski definition) is 2. The Bertz CT molecular complexity index is 800. The number of guanidine groups is 1. The van der Waals surface area contributed by atoms with E-state index in [1.54, 1.807) is 7.05 Å². The smallest absolute Gasteiger partial charge is 0.251 e.